The summed E-state index contributed by atoms with van der Waals surface area (Å²) in [5.74, 6) is 0. The summed E-state index contributed by atoms with van der Waals surface area (Å²) in [6.07, 6.45) is 1.94. The van der Waals surface area contributed by atoms with Crippen molar-refractivity contribution in [1.29, 1.82) is 0 Å². The van der Waals surface area contributed by atoms with Crippen molar-refractivity contribution >= 4 is 43.5 Å². The van der Waals surface area contributed by atoms with E-state index in [0.717, 1.165) is 27.6 Å². The van der Waals surface area contributed by atoms with Crippen molar-refractivity contribution in [2.45, 2.75) is 5.41 Å². The van der Waals surface area contributed by atoms with Crippen molar-refractivity contribution in [3.63, 3.8) is 0 Å². The van der Waals surface area contributed by atoms with Crippen LogP contribution in [0.2, 0.25) is 0 Å². The lowest BCUT2D eigenvalue weighted by Crippen LogP contribution is -2.26. The van der Waals surface area contributed by atoms with Gasteiger partial charge >= 0.3 is 0 Å². The van der Waals surface area contributed by atoms with Crippen LogP contribution >= 0.6 is 0 Å². The summed E-state index contributed by atoms with van der Waals surface area (Å²) in [6, 6.07) is 71.2. The van der Waals surface area contributed by atoms with Crippen LogP contribution in [0.15, 0.2) is 205 Å². The Morgan fingerprint density at radius 3 is 1.66 bits per heavy atom. The summed E-state index contributed by atoms with van der Waals surface area (Å²) in [6.45, 7) is 0. The molecule has 0 radical (unpaired) electrons. The number of pyridine rings is 1. The van der Waals surface area contributed by atoms with Gasteiger partial charge in [-0.05, 0) is 119 Å². The normalized spacial score (nSPS) is 15.0. The van der Waals surface area contributed by atoms with Gasteiger partial charge in [0, 0.05) is 22.5 Å². The third kappa shape index (κ3) is 4.13. The van der Waals surface area contributed by atoms with Gasteiger partial charge in [0.15, 0.2) is 0 Å². The van der Waals surface area contributed by atoms with Crippen molar-refractivity contribution < 1.29 is 4.42 Å². The predicted molar refractivity (Wildman–Crippen MR) is 239 cm³/mol. The number of rotatable bonds is 3. The van der Waals surface area contributed by atoms with Crippen LogP contribution < -0.4 is 0 Å². The predicted octanol–water partition coefficient (Wildman–Crippen LogP) is 14.6. The molecule has 0 aliphatic heterocycles. The van der Waals surface area contributed by atoms with E-state index in [4.69, 9.17) is 9.40 Å². The molecule has 0 bridgehead atoms. The van der Waals surface area contributed by atoms with Crippen molar-refractivity contribution in [3.8, 4) is 55.8 Å². The zero-order valence-electron chi connectivity index (χ0n) is 31.4. The highest BCUT2D eigenvalue weighted by Crippen LogP contribution is 2.63. The highest BCUT2D eigenvalue weighted by Gasteiger charge is 2.52. The molecule has 268 valence electrons. The molecule has 0 amide bonds. The Morgan fingerprint density at radius 1 is 0.328 bits per heavy atom. The third-order valence-corrected chi connectivity index (χ3v) is 12.9. The zero-order valence-corrected chi connectivity index (χ0v) is 31.4. The largest absolute Gasteiger partial charge is 0.456 e. The van der Waals surface area contributed by atoms with E-state index in [1.807, 2.05) is 12.3 Å². The molecule has 2 nitrogen and oxygen atoms in total. The van der Waals surface area contributed by atoms with Gasteiger partial charge in [-0.2, -0.15) is 0 Å². The number of nitrogens with zero attached hydrogens (tertiary/aromatic N) is 1. The van der Waals surface area contributed by atoms with E-state index in [0.29, 0.717) is 0 Å². The molecule has 9 aromatic carbocycles. The van der Waals surface area contributed by atoms with E-state index in [1.54, 1.807) is 0 Å². The van der Waals surface area contributed by atoms with E-state index < -0.39 is 5.41 Å². The van der Waals surface area contributed by atoms with E-state index in [-0.39, 0.29) is 0 Å². The Morgan fingerprint density at radius 2 is 0.897 bits per heavy atom. The van der Waals surface area contributed by atoms with Crippen LogP contribution in [0.4, 0.5) is 0 Å². The quantitative estimate of drug-likeness (QED) is 0.169. The van der Waals surface area contributed by atoms with Crippen LogP contribution in [-0.4, -0.2) is 4.98 Å². The maximum absolute atomic E-state index is 6.50. The van der Waals surface area contributed by atoms with Crippen LogP contribution in [-0.2, 0) is 5.41 Å². The Balaban J connectivity index is 1.09. The van der Waals surface area contributed by atoms with Crippen LogP contribution in [0.5, 0.6) is 0 Å². The molecule has 1 atom stereocenters. The molecule has 13 rings (SSSR count). The van der Waals surface area contributed by atoms with Crippen LogP contribution in [0.25, 0.3) is 99.2 Å². The fraction of sp³-hybridized carbons (Fsp3) is 0.0179. The molecule has 2 aliphatic carbocycles. The van der Waals surface area contributed by atoms with Gasteiger partial charge in [-0.3, -0.25) is 4.98 Å². The second-order valence-electron chi connectivity index (χ2n) is 15.7. The van der Waals surface area contributed by atoms with Crippen LogP contribution in [0.3, 0.4) is 0 Å². The summed E-state index contributed by atoms with van der Waals surface area (Å²) in [5.41, 5.74) is 18.4. The number of aromatic nitrogens is 1. The number of hydrogen-bond donors (Lipinski definition) is 0. The van der Waals surface area contributed by atoms with Crippen molar-refractivity contribution in [2.75, 3.05) is 0 Å². The summed E-state index contributed by atoms with van der Waals surface area (Å²) in [5, 5.41) is 7.25. The first kappa shape index (κ1) is 31.6. The average Bonchev–Trinajstić information content (AvgIpc) is 3.91. The molecule has 0 fully saturated rings. The number of fused-ring (bicyclic) bond motifs is 15. The standard InChI is InChI=1S/C56H33NO/c1-2-13-34(14-3-1)35-24-26-36(27-25-35)53-40-17-4-6-19-42(40)54(43-20-7-5-18-41(43)53)37-28-29-44-49(31-37)56(48-22-12-30-57-55(44)48)47-21-10-8-15-38(47)45-33-52-46(32-50(45)56)39-16-9-11-23-51(39)58-52/h1-33H. The van der Waals surface area contributed by atoms with Gasteiger partial charge in [0.2, 0.25) is 0 Å². The Kier molecular flexibility index (Phi) is 6.40. The van der Waals surface area contributed by atoms with E-state index in [9.17, 15) is 0 Å². The van der Waals surface area contributed by atoms with Gasteiger partial charge in [0.1, 0.15) is 11.2 Å². The Bertz CT molecular complexity index is 3450. The molecular weight excluding hydrogens is 703 g/mol. The molecule has 58 heavy (non-hydrogen) atoms. The summed E-state index contributed by atoms with van der Waals surface area (Å²) in [4.78, 5) is 5.12. The molecule has 2 heterocycles. The molecule has 1 spiro atoms. The topological polar surface area (TPSA) is 26.0 Å². The molecular formula is C56H33NO. The molecule has 2 aliphatic rings. The zero-order chi connectivity index (χ0) is 38.0. The smallest absolute Gasteiger partial charge is 0.136 e. The first-order valence-corrected chi connectivity index (χ1v) is 20.0. The van der Waals surface area contributed by atoms with Gasteiger partial charge in [0.25, 0.3) is 0 Å². The van der Waals surface area contributed by atoms with Gasteiger partial charge in [-0.15, -0.1) is 0 Å². The highest BCUT2D eigenvalue weighted by molar-refractivity contribution is 6.21. The van der Waals surface area contributed by atoms with E-state index >= 15 is 0 Å². The maximum atomic E-state index is 6.50. The van der Waals surface area contributed by atoms with Crippen molar-refractivity contribution in [2.24, 2.45) is 0 Å². The lowest BCUT2D eigenvalue weighted by Gasteiger charge is -2.30. The number of furan rings is 1. The minimum Gasteiger partial charge on any atom is -0.456 e. The molecule has 0 N–H and O–H groups in total. The highest BCUT2D eigenvalue weighted by atomic mass is 16.3. The van der Waals surface area contributed by atoms with Gasteiger partial charge in [-0.1, -0.05) is 164 Å². The SMILES string of the molecule is c1ccc(-c2ccc(-c3c4ccccc4c(-c4ccc5c(c4)C4(c6ccccc6-c6cc7oc8ccccc8c7cc64)c4cccnc4-5)c4ccccc34)cc2)cc1. The molecule has 11 aromatic rings. The fourth-order valence-electron chi connectivity index (χ4n) is 10.6. The lowest BCUT2D eigenvalue weighted by molar-refractivity contribution is 0.669. The van der Waals surface area contributed by atoms with Gasteiger partial charge < -0.3 is 4.42 Å². The van der Waals surface area contributed by atoms with Crippen molar-refractivity contribution in [3.05, 3.63) is 223 Å². The summed E-state index contributed by atoms with van der Waals surface area (Å²) < 4.78 is 6.50. The molecule has 0 saturated heterocycles. The summed E-state index contributed by atoms with van der Waals surface area (Å²) in [7, 11) is 0. The number of para-hydroxylation sites is 1. The third-order valence-electron chi connectivity index (χ3n) is 12.9. The molecule has 2 aromatic heterocycles. The minimum absolute atomic E-state index is 0.556. The molecule has 1 unspecified atom stereocenters. The average molecular weight is 736 g/mol. The van der Waals surface area contributed by atoms with Crippen LogP contribution in [0, 0.1) is 0 Å². The van der Waals surface area contributed by atoms with Crippen LogP contribution in [0.1, 0.15) is 22.3 Å². The monoisotopic (exact) mass is 735 g/mol. The van der Waals surface area contributed by atoms with Gasteiger partial charge in [0.05, 0.1) is 11.1 Å². The first-order valence-electron chi connectivity index (χ1n) is 20.0. The maximum Gasteiger partial charge on any atom is 0.136 e. The van der Waals surface area contributed by atoms with E-state index in [2.05, 4.69) is 188 Å². The Labute approximate surface area is 335 Å². The lowest BCUT2D eigenvalue weighted by atomic mass is 9.70. The molecule has 2 heteroatoms. The van der Waals surface area contributed by atoms with Crippen molar-refractivity contribution in [1.82, 2.24) is 4.98 Å². The number of benzene rings is 9. The number of hydrogen-bond acceptors (Lipinski definition) is 2. The molecule has 0 saturated carbocycles. The summed E-state index contributed by atoms with van der Waals surface area (Å²) >= 11 is 0. The second-order valence-corrected chi connectivity index (χ2v) is 15.7. The van der Waals surface area contributed by atoms with E-state index in [1.165, 1.54) is 93.9 Å². The van der Waals surface area contributed by atoms with Gasteiger partial charge in [-0.25, -0.2) is 0 Å². The minimum atomic E-state index is -0.556. The Hall–Kier alpha value is -7.55. The fourth-order valence-corrected chi connectivity index (χ4v) is 10.6. The second kappa shape index (κ2) is 11.7. The first-order chi connectivity index (χ1) is 28.8.